The number of hydrogen-bond acceptors (Lipinski definition) is 6. The van der Waals surface area contributed by atoms with E-state index in [4.69, 9.17) is 11.9 Å². The van der Waals surface area contributed by atoms with Crippen molar-refractivity contribution in [1.29, 1.82) is 1.43 Å². The fourth-order valence-electron chi connectivity index (χ4n) is 3.52. The van der Waals surface area contributed by atoms with Crippen LogP contribution in [0.3, 0.4) is 0 Å². The highest BCUT2D eigenvalue weighted by molar-refractivity contribution is 5.91. The van der Waals surface area contributed by atoms with E-state index in [1.54, 1.807) is 0 Å². The van der Waals surface area contributed by atoms with Crippen molar-refractivity contribution in [2.45, 2.75) is 65.1 Å². The zero-order valence-corrected chi connectivity index (χ0v) is 15.7. The molecule has 0 aromatic heterocycles. The molecule has 0 unspecified atom stereocenters. The largest absolute Gasteiger partial charge is 0.481 e. The Labute approximate surface area is 150 Å². The van der Waals surface area contributed by atoms with E-state index < -0.39 is 30.4 Å². The van der Waals surface area contributed by atoms with Gasteiger partial charge in [0.15, 0.2) is 0 Å². The number of methoxy groups -OCH3 is 1. The van der Waals surface area contributed by atoms with E-state index in [0.29, 0.717) is 0 Å². The van der Waals surface area contributed by atoms with E-state index in [1.807, 2.05) is 0 Å². The molecule has 144 valence electrons. The third kappa shape index (κ3) is 5.67. The minimum atomic E-state index is -1.21. The van der Waals surface area contributed by atoms with Crippen LogP contribution in [0, 0.1) is 10.8 Å². The number of carboxylic acids is 1. The van der Waals surface area contributed by atoms with Crippen molar-refractivity contribution >= 4 is 17.8 Å². The van der Waals surface area contributed by atoms with Gasteiger partial charge >= 0.3 is 5.97 Å². The number of carbonyl (C=O) groups excluding carboxylic acids is 2. The molecule has 25 heavy (non-hydrogen) atoms. The zero-order valence-electron chi connectivity index (χ0n) is 16.7. The van der Waals surface area contributed by atoms with Crippen LogP contribution in [0.4, 0.5) is 0 Å². The highest BCUT2D eigenvalue weighted by Crippen LogP contribution is 2.48. The third-order valence-corrected chi connectivity index (χ3v) is 4.95. The van der Waals surface area contributed by atoms with Gasteiger partial charge in [-0.15, -0.1) is 0 Å². The van der Waals surface area contributed by atoms with Crippen LogP contribution in [-0.2, 0) is 19.1 Å². The number of amides is 2. The molecule has 0 aromatic carbocycles. The van der Waals surface area contributed by atoms with Gasteiger partial charge in [-0.1, -0.05) is 27.7 Å². The van der Waals surface area contributed by atoms with Gasteiger partial charge < -0.3 is 26.2 Å². The molecular weight excluding hydrogens is 326 g/mol. The number of rotatable bonds is 8. The lowest BCUT2D eigenvalue weighted by Crippen LogP contribution is -2.58. The maximum absolute atomic E-state index is 12.7. The summed E-state index contributed by atoms with van der Waals surface area (Å²) in [6.07, 6.45) is 1.54. The Balaban J connectivity index is 2.78. The molecule has 1 rings (SSSR count). The summed E-state index contributed by atoms with van der Waals surface area (Å²) in [5.74, 6) is -1.96. The van der Waals surface area contributed by atoms with Gasteiger partial charge in [-0.25, -0.2) is 0 Å². The zero-order chi connectivity index (χ0) is 20.1. The quantitative estimate of drug-likeness (QED) is 0.492. The predicted octanol–water partition coefficient (Wildman–Crippen LogP) is 0.251. The third-order valence-electron chi connectivity index (χ3n) is 4.95. The van der Waals surface area contributed by atoms with E-state index >= 15 is 0 Å². The minimum absolute atomic E-state index is 0.0270. The SMILES string of the molecule is [2H]OC(=O)C[C@H](N)C(=O)N[C@@H](COC)C(=O)NC1C(C)(C)CCC1(C)C. The summed E-state index contributed by atoms with van der Waals surface area (Å²) in [6, 6.07) is -2.19. The van der Waals surface area contributed by atoms with Crippen molar-refractivity contribution in [2.75, 3.05) is 13.7 Å². The van der Waals surface area contributed by atoms with Gasteiger partial charge in [0.2, 0.25) is 11.8 Å². The molecule has 1 aliphatic carbocycles. The summed E-state index contributed by atoms with van der Waals surface area (Å²) in [5.41, 5.74) is 5.50. The van der Waals surface area contributed by atoms with Crippen LogP contribution in [-0.4, -0.2) is 54.7 Å². The summed E-state index contributed by atoms with van der Waals surface area (Å²) >= 11 is 0. The number of nitrogens with one attached hydrogen (secondary N) is 2. The lowest BCUT2D eigenvalue weighted by molar-refractivity contribution is -0.140. The Morgan fingerprint density at radius 3 is 2.28 bits per heavy atom. The summed E-state index contributed by atoms with van der Waals surface area (Å²) in [4.78, 5) is 35.9. The number of hydrogen-bond donors (Lipinski definition) is 4. The molecule has 1 aliphatic rings. The van der Waals surface area contributed by atoms with Crippen LogP contribution >= 0.6 is 0 Å². The van der Waals surface area contributed by atoms with Gasteiger partial charge in [-0.2, -0.15) is 0 Å². The van der Waals surface area contributed by atoms with Crippen LogP contribution in [0.25, 0.3) is 1.43 Å². The Morgan fingerprint density at radius 2 is 1.80 bits per heavy atom. The highest BCUT2D eigenvalue weighted by atomic mass is 16.5. The van der Waals surface area contributed by atoms with E-state index in [9.17, 15) is 14.4 Å². The Hall–Kier alpha value is -1.67. The van der Waals surface area contributed by atoms with Crippen molar-refractivity contribution < 1.29 is 24.2 Å². The molecule has 1 saturated carbocycles. The Bertz CT molecular complexity index is 522. The van der Waals surface area contributed by atoms with E-state index in [2.05, 4.69) is 43.4 Å². The van der Waals surface area contributed by atoms with Crippen molar-refractivity contribution in [2.24, 2.45) is 16.6 Å². The number of aliphatic carboxylic acids is 1. The maximum Gasteiger partial charge on any atom is 0.305 e. The average molecular weight is 358 g/mol. The number of carboxylic acid groups (broad SMARTS) is 1. The standard InChI is InChI=1S/C17H31N3O5/c1-16(2)6-7-17(3,4)15(16)20-14(24)11(9-25-5)19-13(23)10(18)8-12(21)22/h10-11,15H,6-9,18H2,1-5H3,(H,19,23)(H,20,24)(H,21,22)/t10-,11-/m0/s1/i/hD. The van der Waals surface area contributed by atoms with E-state index in [1.165, 1.54) is 7.11 Å². The highest BCUT2D eigenvalue weighted by Gasteiger charge is 2.48. The minimum Gasteiger partial charge on any atom is -0.481 e. The van der Waals surface area contributed by atoms with Crippen LogP contribution < -0.4 is 16.4 Å². The predicted molar refractivity (Wildman–Crippen MR) is 92.8 cm³/mol. The first-order valence-corrected chi connectivity index (χ1v) is 8.46. The van der Waals surface area contributed by atoms with Gasteiger partial charge in [0.05, 0.1) is 19.1 Å². The monoisotopic (exact) mass is 358 g/mol. The topological polar surface area (TPSA) is 131 Å². The number of ether oxygens (including phenoxy) is 1. The summed E-state index contributed by atoms with van der Waals surface area (Å²) in [7, 11) is 1.42. The van der Waals surface area contributed by atoms with Crippen LogP contribution in [0.1, 0.15) is 47.0 Å². The van der Waals surface area contributed by atoms with Gasteiger partial charge in [0.25, 0.3) is 1.43 Å². The summed E-state index contributed by atoms with van der Waals surface area (Å²) < 4.78 is 11.5. The maximum atomic E-state index is 12.7. The van der Waals surface area contributed by atoms with E-state index in [-0.39, 0.29) is 29.4 Å². The van der Waals surface area contributed by atoms with Crippen LogP contribution in [0.2, 0.25) is 0 Å². The molecule has 5 N–H and O–H groups in total. The molecule has 2 atom stereocenters. The summed E-state index contributed by atoms with van der Waals surface area (Å²) in [6.45, 7) is 8.41. The Morgan fingerprint density at radius 1 is 1.24 bits per heavy atom. The molecule has 8 nitrogen and oxygen atoms in total. The van der Waals surface area contributed by atoms with Crippen molar-refractivity contribution in [1.82, 2.24) is 10.6 Å². The van der Waals surface area contributed by atoms with Gasteiger partial charge in [-0.3, -0.25) is 14.4 Å². The van der Waals surface area contributed by atoms with Crippen molar-refractivity contribution in [3.8, 4) is 0 Å². The average Bonchev–Trinajstić information content (AvgIpc) is 2.76. The van der Waals surface area contributed by atoms with Crippen molar-refractivity contribution in [3.63, 3.8) is 0 Å². The van der Waals surface area contributed by atoms with Crippen LogP contribution in [0.15, 0.2) is 0 Å². The summed E-state index contributed by atoms with van der Waals surface area (Å²) in [5, 5.41) is 9.30. The normalized spacial score (nSPS) is 21.8. The second kappa shape index (κ2) is 8.14. The first-order chi connectivity index (χ1) is 11.9. The second-order valence-electron chi connectivity index (χ2n) is 8.12. The molecule has 0 aliphatic heterocycles. The second-order valence-corrected chi connectivity index (χ2v) is 8.12. The molecule has 0 bridgehead atoms. The van der Waals surface area contributed by atoms with Crippen molar-refractivity contribution in [3.05, 3.63) is 0 Å². The van der Waals surface area contributed by atoms with E-state index in [0.717, 1.165) is 12.8 Å². The molecule has 0 aromatic rings. The molecule has 1 fully saturated rings. The molecule has 8 heteroatoms. The van der Waals surface area contributed by atoms with Gasteiger partial charge in [-0.05, 0) is 23.7 Å². The van der Waals surface area contributed by atoms with Crippen LogP contribution in [0.5, 0.6) is 0 Å². The molecule has 2 amide bonds. The lowest BCUT2D eigenvalue weighted by Gasteiger charge is -2.37. The molecule has 0 spiro atoms. The smallest absolute Gasteiger partial charge is 0.305 e. The molecule has 0 heterocycles. The van der Waals surface area contributed by atoms with Gasteiger partial charge in [0, 0.05) is 13.2 Å². The first kappa shape index (κ1) is 19.7. The van der Waals surface area contributed by atoms with Gasteiger partial charge in [0.1, 0.15) is 6.04 Å². The Kier molecular flexibility index (Phi) is 6.40. The molecule has 0 radical (unpaired) electrons. The fourth-order valence-corrected chi connectivity index (χ4v) is 3.52. The number of nitrogens with two attached hydrogens (primary N) is 1. The molecular formula is C17H31N3O5. The molecule has 0 saturated heterocycles. The fraction of sp³-hybridized carbons (Fsp3) is 0.824. The lowest BCUT2D eigenvalue weighted by atomic mass is 9.78. The number of carbonyl (C=O) groups is 3. The first-order valence-electron chi connectivity index (χ1n) is 8.86.